The Kier molecular flexibility index (Phi) is 5.22. The predicted molar refractivity (Wildman–Crippen MR) is 86.8 cm³/mol. The average molecular weight is 370 g/mol. The normalized spacial score (nSPS) is 23.6. The number of carbonyl (C=O) groups is 2. The number of nitrogens with zero attached hydrogens (tertiary/aromatic N) is 2. The van der Waals surface area contributed by atoms with E-state index >= 15 is 0 Å². The zero-order chi connectivity index (χ0) is 18.9. The molecule has 0 saturated carbocycles. The van der Waals surface area contributed by atoms with Crippen molar-refractivity contribution in [2.24, 2.45) is 5.41 Å². The number of halogens is 3. The number of aliphatic hydroxyl groups is 1. The van der Waals surface area contributed by atoms with Crippen molar-refractivity contribution in [2.45, 2.75) is 25.7 Å². The zero-order valence-corrected chi connectivity index (χ0v) is 14.3. The van der Waals surface area contributed by atoms with E-state index < -0.39 is 28.9 Å². The van der Waals surface area contributed by atoms with Gasteiger partial charge in [-0.3, -0.25) is 9.59 Å². The quantitative estimate of drug-likeness (QED) is 0.828. The highest BCUT2D eigenvalue weighted by Gasteiger charge is 2.43. The molecule has 3 rings (SSSR count). The minimum Gasteiger partial charge on any atom is -0.395 e. The summed E-state index contributed by atoms with van der Waals surface area (Å²) < 4.78 is 40.5. The van der Waals surface area contributed by atoms with Crippen molar-refractivity contribution in [1.29, 1.82) is 0 Å². The van der Waals surface area contributed by atoms with Gasteiger partial charge < -0.3 is 14.9 Å². The molecule has 1 aromatic rings. The average Bonchev–Trinajstić information content (AvgIpc) is 2.63. The van der Waals surface area contributed by atoms with Gasteiger partial charge in [0, 0.05) is 38.0 Å². The second kappa shape index (κ2) is 7.26. The molecule has 2 aliphatic heterocycles. The fraction of sp³-hybridized carbons (Fsp3) is 0.556. The first kappa shape index (κ1) is 18.7. The molecule has 2 fully saturated rings. The molecule has 2 saturated heterocycles. The van der Waals surface area contributed by atoms with Crippen molar-refractivity contribution < 1.29 is 27.9 Å². The standard InChI is InChI=1S/C18H21F3N2O3/c19-13-3-2-12(15(20)16(13)21)17(26)23-7-1-5-18(11-23)6-4-14(25)22(10-18)8-9-24/h2-3,24H,1,4-11H2. The van der Waals surface area contributed by atoms with Gasteiger partial charge in [0.25, 0.3) is 5.91 Å². The Morgan fingerprint density at radius 2 is 1.92 bits per heavy atom. The molecule has 0 radical (unpaired) electrons. The Morgan fingerprint density at radius 1 is 1.15 bits per heavy atom. The molecule has 5 nitrogen and oxygen atoms in total. The number of β-amino-alcohol motifs (C(OH)–C–C–N with tert-alkyl or cyclic N) is 1. The van der Waals surface area contributed by atoms with Crippen molar-refractivity contribution in [2.75, 3.05) is 32.8 Å². The van der Waals surface area contributed by atoms with Crippen LogP contribution in [-0.4, -0.2) is 59.5 Å². The lowest BCUT2D eigenvalue weighted by molar-refractivity contribution is -0.139. The van der Waals surface area contributed by atoms with Crippen LogP contribution in [0.15, 0.2) is 12.1 Å². The third kappa shape index (κ3) is 3.42. The van der Waals surface area contributed by atoms with Gasteiger partial charge in [-0.2, -0.15) is 0 Å². The van der Waals surface area contributed by atoms with Gasteiger partial charge in [0.2, 0.25) is 5.91 Å². The zero-order valence-electron chi connectivity index (χ0n) is 14.3. The van der Waals surface area contributed by atoms with Crippen molar-refractivity contribution in [3.05, 3.63) is 35.1 Å². The number of hydrogen-bond acceptors (Lipinski definition) is 3. The maximum absolute atomic E-state index is 14.0. The van der Waals surface area contributed by atoms with Crippen LogP contribution in [0.3, 0.4) is 0 Å². The van der Waals surface area contributed by atoms with Gasteiger partial charge in [0.15, 0.2) is 17.5 Å². The van der Waals surface area contributed by atoms with E-state index in [4.69, 9.17) is 5.11 Å². The predicted octanol–water partition coefficient (Wildman–Crippen LogP) is 1.94. The summed E-state index contributed by atoms with van der Waals surface area (Å²) in [5.74, 6) is -5.17. The molecule has 1 aromatic carbocycles. The molecule has 2 amide bonds. The Morgan fingerprint density at radius 3 is 2.65 bits per heavy atom. The fourth-order valence-corrected chi connectivity index (χ4v) is 4.00. The highest BCUT2D eigenvalue weighted by atomic mass is 19.2. The molecule has 1 spiro atoms. The summed E-state index contributed by atoms with van der Waals surface area (Å²) in [6, 6.07) is 1.70. The molecular weight excluding hydrogens is 349 g/mol. The Labute approximate surface area is 149 Å². The van der Waals surface area contributed by atoms with Crippen LogP contribution in [0.1, 0.15) is 36.0 Å². The van der Waals surface area contributed by atoms with Crippen LogP contribution in [0.2, 0.25) is 0 Å². The summed E-state index contributed by atoms with van der Waals surface area (Å²) >= 11 is 0. The number of piperidine rings is 2. The van der Waals surface area contributed by atoms with Crippen molar-refractivity contribution in [3.63, 3.8) is 0 Å². The smallest absolute Gasteiger partial charge is 0.256 e. The van der Waals surface area contributed by atoms with Crippen LogP contribution in [0, 0.1) is 22.9 Å². The van der Waals surface area contributed by atoms with E-state index in [9.17, 15) is 22.8 Å². The summed E-state index contributed by atoms with van der Waals surface area (Å²) in [5, 5.41) is 9.12. The summed E-state index contributed by atoms with van der Waals surface area (Å²) in [6.45, 7) is 1.25. The molecule has 26 heavy (non-hydrogen) atoms. The van der Waals surface area contributed by atoms with Gasteiger partial charge in [-0.15, -0.1) is 0 Å². The van der Waals surface area contributed by atoms with E-state index in [0.717, 1.165) is 18.6 Å². The monoisotopic (exact) mass is 370 g/mol. The van der Waals surface area contributed by atoms with E-state index in [1.807, 2.05) is 0 Å². The number of aliphatic hydroxyl groups excluding tert-OH is 1. The molecular formula is C18H21F3N2O3. The van der Waals surface area contributed by atoms with E-state index in [1.54, 1.807) is 4.90 Å². The van der Waals surface area contributed by atoms with Crippen LogP contribution >= 0.6 is 0 Å². The molecule has 0 aromatic heterocycles. The number of hydrogen-bond donors (Lipinski definition) is 1. The minimum atomic E-state index is -1.65. The van der Waals surface area contributed by atoms with Gasteiger partial charge in [-0.25, -0.2) is 13.2 Å². The number of likely N-dealkylation sites (tertiary alicyclic amines) is 2. The molecule has 142 valence electrons. The van der Waals surface area contributed by atoms with Crippen molar-refractivity contribution >= 4 is 11.8 Å². The van der Waals surface area contributed by atoms with E-state index in [2.05, 4.69) is 0 Å². The lowest BCUT2D eigenvalue weighted by Crippen LogP contribution is -2.55. The lowest BCUT2D eigenvalue weighted by atomic mass is 9.73. The van der Waals surface area contributed by atoms with Crippen LogP contribution < -0.4 is 0 Å². The van der Waals surface area contributed by atoms with Crippen molar-refractivity contribution in [3.8, 4) is 0 Å². The highest BCUT2D eigenvalue weighted by Crippen LogP contribution is 2.39. The molecule has 0 aliphatic carbocycles. The second-order valence-corrected chi connectivity index (χ2v) is 7.09. The summed E-state index contributed by atoms with van der Waals surface area (Å²) in [5.41, 5.74) is -0.800. The van der Waals surface area contributed by atoms with Crippen LogP contribution in [-0.2, 0) is 4.79 Å². The highest BCUT2D eigenvalue weighted by molar-refractivity contribution is 5.94. The first-order valence-electron chi connectivity index (χ1n) is 8.68. The first-order chi connectivity index (χ1) is 12.4. The van der Waals surface area contributed by atoms with E-state index in [0.29, 0.717) is 38.9 Å². The van der Waals surface area contributed by atoms with Gasteiger partial charge in [-0.1, -0.05) is 0 Å². The van der Waals surface area contributed by atoms with Gasteiger partial charge in [0.1, 0.15) is 0 Å². The maximum atomic E-state index is 14.0. The van der Waals surface area contributed by atoms with Crippen LogP contribution in [0.4, 0.5) is 13.2 Å². The fourth-order valence-electron chi connectivity index (χ4n) is 4.00. The van der Waals surface area contributed by atoms with Gasteiger partial charge in [-0.05, 0) is 31.4 Å². The van der Waals surface area contributed by atoms with Gasteiger partial charge >= 0.3 is 0 Å². The molecule has 8 heteroatoms. The van der Waals surface area contributed by atoms with Crippen molar-refractivity contribution in [1.82, 2.24) is 9.80 Å². The molecule has 0 bridgehead atoms. The molecule has 1 N–H and O–H groups in total. The largest absolute Gasteiger partial charge is 0.395 e. The Balaban J connectivity index is 1.79. The maximum Gasteiger partial charge on any atom is 0.256 e. The summed E-state index contributed by atoms with van der Waals surface area (Å²) in [6.07, 6.45) is 2.43. The summed E-state index contributed by atoms with van der Waals surface area (Å²) in [7, 11) is 0. The van der Waals surface area contributed by atoms with Crippen LogP contribution in [0.5, 0.6) is 0 Å². The number of rotatable bonds is 3. The van der Waals surface area contributed by atoms with Crippen LogP contribution in [0.25, 0.3) is 0 Å². The number of carbonyl (C=O) groups excluding carboxylic acids is 2. The van der Waals surface area contributed by atoms with E-state index in [-0.39, 0.29) is 24.5 Å². The Bertz CT molecular complexity index is 728. The molecule has 2 aliphatic rings. The number of benzene rings is 1. The first-order valence-corrected chi connectivity index (χ1v) is 8.68. The third-order valence-electron chi connectivity index (χ3n) is 5.33. The lowest BCUT2D eigenvalue weighted by Gasteiger charge is -2.48. The molecule has 1 atom stereocenters. The molecule has 1 unspecified atom stereocenters. The second-order valence-electron chi connectivity index (χ2n) is 7.09. The minimum absolute atomic E-state index is 0.0280. The third-order valence-corrected chi connectivity index (χ3v) is 5.33. The number of amides is 2. The summed E-state index contributed by atoms with van der Waals surface area (Å²) in [4.78, 5) is 27.7. The topological polar surface area (TPSA) is 60.9 Å². The SMILES string of the molecule is O=C1CCC2(CCCN(C(=O)c3ccc(F)c(F)c3F)C2)CN1CCO. The Hall–Kier alpha value is -2.09. The van der Waals surface area contributed by atoms with Gasteiger partial charge in [0.05, 0.1) is 12.2 Å². The van der Waals surface area contributed by atoms with E-state index in [1.165, 1.54) is 4.90 Å². The molecule has 2 heterocycles.